The van der Waals surface area contributed by atoms with E-state index in [2.05, 4.69) is 0 Å². The lowest BCUT2D eigenvalue weighted by molar-refractivity contribution is -0.312. The Kier molecular flexibility index (Phi) is 6.18. The van der Waals surface area contributed by atoms with Crippen molar-refractivity contribution < 1.29 is 33.0 Å². The van der Waals surface area contributed by atoms with Gasteiger partial charge in [0, 0.05) is 35.6 Å². The molecule has 0 aromatic heterocycles. The van der Waals surface area contributed by atoms with Crippen LogP contribution in [0.25, 0.3) is 0 Å². The molecule has 0 saturated carbocycles. The van der Waals surface area contributed by atoms with Crippen LogP contribution in [0.15, 0.2) is 23.9 Å². The zero-order chi connectivity index (χ0) is 17.7. The van der Waals surface area contributed by atoms with Crippen molar-refractivity contribution in [1.29, 1.82) is 0 Å². The number of hydrogen-bond donors (Lipinski definition) is 0. The van der Waals surface area contributed by atoms with Gasteiger partial charge in [0.15, 0.2) is 17.5 Å². The van der Waals surface area contributed by atoms with Gasteiger partial charge in [0.05, 0.1) is 11.9 Å². The summed E-state index contributed by atoms with van der Waals surface area (Å²) in [5, 5.41) is 21.7. The van der Waals surface area contributed by atoms with Crippen LogP contribution in [0.1, 0.15) is 26.7 Å². The van der Waals surface area contributed by atoms with E-state index in [9.17, 15) is 33.0 Å². The molecule has 1 aromatic rings. The van der Waals surface area contributed by atoms with Gasteiger partial charge in [0.25, 0.3) is 0 Å². The van der Waals surface area contributed by atoms with Crippen LogP contribution in [0.4, 0.5) is 18.9 Å². The van der Waals surface area contributed by atoms with E-state index in [0.717, 1.165) is 4.90 Å². The molecule has 0 aliphatic rings. The van der Waals surface area contributed by atoms with Gasteiger partial charge in [-0.1, -0.05) is 13.8 Å². The van der Waals surface area contributed by atoms with Crippen molar-refractivity contribution in [2.24, 2.45) is 0 Å². The van der Waals surface area contributed by atoms with E-state index in [1.54, 1.807) is 13.8 Å². The first kappa shape index (κ1) is 18.5. The fourth-order valence-electron chi connectivity index (χ4n) is 2.09. The van der Waals surface area contributed by atoms with Gasteiger partial charge in [-0.25, -0.2) is 13.2 Å². The van der Waals surface area contributed by atoms with Gasteiger partial charge in [0.2, 0.25) is 0 Å². The Labute approximate surface area is 130 Å². The standard InChI is InChI=1S/C15H16F3NO4/c1-3-8(4-2)19(7-10(14(20)21)15(22)23)9-5-11(16)13(18)12(17)6-9/h5-8H,3-4H2,1-2H3,(H,20,21)(H,22,23)/p-2. The zero-order valence-corrected chi connectivity index (χ0v) is 12.4. The molecular weight excluding hydrogens is 315 g/mol. The number of benzene rings is 1. The molecule has 0 bridgehead atoms. The lowest BCUT2D eigenvalue weighted by Gasteiger charge is -2.31. The zero-order valence-electron chi connectivity index (χ0n) is 12.4. The Hall–Kier alpha value is -2.51. The minimum Gasteiger partial charge on any atom is -0.545 e. The Bertz CT molecular complexity index is 603. The number of halogens is 3. The highest BCUT2D eigenvalue weighted by Gasteiger charge is 2.19. The van der Waals surface area contributed by atoms with Gasteiger partial charge in [-0.05, 0) is 12.8 Å². The van der Waals surface area contributed by atoms with Crippen molar-refractivity contribution in [2.45, 2.75) is 32.7 Å². The van der Waals surface area contributed by atoms with Gasteiger partial charge >= 0.3 is 0 Å². The van der Waals surface area contributed by atoms with Crippen LogP contribution in [-0.4, -0.2) is 18.0 Å². The van der Waals surface area contributed by atoms with Gasteiger partial charge < -0.3 is 24.7 Å². The number of carboxylic acid groups (broad SMARTS) is 2. The Morgan fingerprint density at radius 2 is 1.52 bits per heavy atom. The van der Waals surface area contributed by atoms with Crippen LogP contribution in [0, 0.1) is 17.5 Å². The number of carbonyl (C=O) groups is 2. The molecule has 0 radical (unpaired) electrons. The Balaban J connectivity index is 3.51. The van der Waals surface area contributed by atoms with Crippen LogP contribution in [0.2, 0.25) is 0 Å². The maximum absolute atomic E-state index is 13.4. The van der Waals surface area contributed by atoms with Crippen LogP contribution in [0.3, 0.4) is 0 Å². The summed E-state index contributed by atoms with van der Waals surface area (Å²) in [7, 11) is 0. The summed E-state index contributed by atoms with van der Waals surface area (Å²) < 4.78 is 39.9. The minimum absolute atomic E-state index is 0.227. The van der Waals surface area contributed by atoms with Crippen molar-refractivity contribution in [3.8, 4) is 0 Å². The maximum atomic E-state index is 13.4. The summed E-state index contributed by atoms with van der Waals surface area (Å²) in [6.07, 6.45) is 1.47. The fourth-order valence-corrected chi connectivity index (χ4v) is 2.09. The number of aliphatic carboxylic acids is 2. The molecule has 1 aromatic carbocycles. The molecule has 0 aliphatic heterocycles. The summed E-state index contributed by atoms with van der Waals surface area (Å²) in [5.74, 6) is -8.66. The maximum Gasteiger partial charge on any atom is 0.194 e. The number of carboxylic acids is 2. The minimum atomic E-state index is -2.01. The second kappa shape index (κ2) is 7.66. The summed E-state index contributed by atoms with van der Waals surface area (Å²) in [6.45, 7) is 3.42. The van der Waals surface area contributed by atoms with Crippen molar-refractivity contribution >= 4 is 17.6 Å². The molecule has 0 unspecified atom stereocenters. The van der Waals surface area contributed by atoms with Gasteiger partial charge in [-0.15, -0.1) is 0 Å². The summed E-state index contributed by atoms with van der Waals surface area (Å²) >= 11 is 0. The SMILES string of the molecule is CCC(CC)N(C=C(C(=O)[O-])C(=O)[O-])c1cc(F)c(F)c(F)c1. The topological polar surface area (TPSA) is 83.5 Å². The van der Waals surface area contributed by atoms with E-state index in [4.69, 9.17) is 0 Å². The molecule has 23 heavy (non-hydrogen) atoms. The highest BCUT2D eigenvalue weighted by Crippen LogP contribution is 2.26. The molecule has 0 aliphatic carbocycles. The number of hydrogen-bond acceptors (Lipinski definition) is 5. The highest BCUT2D eigenvalue weighted by atomic mass is 19.2. The van der Waals surface area contributed by atoms with Gasteiger partial charge in [-0.2, -0.15) is 0 Å². The summed E-state index contributed by atoms with van der Waals surface area (Å²) in [6, 6.07) is 0.818. The molecule has 0 amide bonds. The quantitative estimate of drug-likeness (QED) is 0.314. The van der Waals surface area contributed by atoms with Crippen molar-refractivity contribution in [2.75, 3.05) is 4.90 Å². The second-order valence-electron chi connectivity index (χ2n) is 4.72. The van der Waals surface area contributed by atoms with Gasteiger partial charge in [0.1, 0.15) is 0 Å². The van der Waals surface area contributed by atoms with E-state index >= 15 is 0 Å². The summed E-state index contributed by atoms with van der Waals surface area (Å²) in [4.78, 5) is 22.8. The molecule has 0 atom stereocenters. The van der Waals surface area contributed by atoms with E-state index in [1.807, 2.05) is 0 Å². The Morgan fingerprint density at radius 3 is 1.87 bits per heavy atom. The lowest BCUT2D eigenvalue weighted by Crippen LogP contribution is -2.39. The first-order chi connectivity index (χ1) is 10.7. The average Bonchev–Trinajstić information content (AvgIpc) is 2.47. The predicted octanol–water partition coefficient (Wildman–Crippen LogP) is 0.483. The molecule has 0 spiro atoms. The van der Waals surface area contributed by atoms with Crippen molar-refractivity contribution in [3.63, 3.8) is 0 Å². The van der Waals surface area contributed by atoms with E-state index in [0.29, 0.717) is 31.2 Å². The van der Waals surface area contributed by atoms with E-state index in [1.165, 1.54) is 0 Å². The Morgan fingerprint density at radius 1 is 1.09 bits per heavy atom. The van der Waals surface area contributed by atoms with Gasteiger partial charge in [-0.3, -0.25) is 0 Å². The first-order valence-electron chi connectivity index (χ1n) is 6.80. The third-order valence-corrected chi connectivity index (χ3v) is 3.31. The molecule has 1 rings (SSSR count). The third-order valence-electron chi connectivity index (χ3n) is 3.31. The number of rotatable bonds is 7. The normalized spacial score (nSPS) is 10.5. The molecule has 0 fully saturated rings. The van der Waals surface area contributed by atoms with Crippen LogP contribution < -0.4 is 15.1 Å². The van der Waals surface area contributed by atoms with Crippen molar-refractivity contribution in [3.05, 3.63) is 41.4 Å². The fraction of sp³-hybridized carbons (Fsp3) is 0.333. The largest absolute Gasteiger partial charge is 0.545 e. The highest BCUT2D eigenvalue weighted by molar-refractivity contribution is 6.10. The molecular formula is C15H14F3NO4-2. The number of nitrogens with zero attached hydrogens (tertiary/aromatic N) is 1. The molecule has 0 heterocycles. The summed E-state index contributed by atoms with van der Waals surface area (Å²) in [5.41, 5.74) is -1.42. The second-order valence-corrected chi connectivity index (χ2v) is 4.72. The molecule has 126 valence electrons. The first-order valence-corrected chi connectivity index (χ1v) is 6.80. The van der Waals surface area contributed by atoms with Crippen LogP contribution >= 0.6 is 0 Å². The number of anilines is 1. The monoisotopic (exact) mass is 329 g/mol. The van der Waals surface area contributed by atoms with Crippen LogP contribution in [-0.2, 0) is 9.59 Å². The third kappa shape index (κ3) is 4.24. The molecule has 0 N–H and O–H groups in total. The smallest absolute Gasteiger partial charge is 0.194 e. The van der Waals surface area contributed by atoms with E-state index in [-0.39, 0.29) is 5.69 Å². The lowest BCUT2D eigenvalue weighted by atomic mass is 10.1. The van der Waals surface area contributed by atoms with Crippen molar-refractivity contribution in [1.82, 2.24) is 0 Å². The molecule has 8 heteroatoms. The van der Waals surface area contributed by atoms with E-state index < -0.39 is 41.0 Å². The average molecular weight is 329 g/mol. The number of carbonyl (C=O) groups excluding carboxylic acids is 2. The predicted molar refractivity (Wildman–Crippen MR) is 71.3 cm³/mol. The molecule has 5 nitrogen and oxygen atoms in total. The van der Waals surface area contributed by atoms with Crippen LogP contribution in [0.5, 0.6) is 0 Å². The molecule has 0 saturated heterocycles.